The Balaban J connectivity index is 2.52. The van der Waals surface area contributed by atoms with E-state index in [9.17, 15) is 0 Å². The fourth-order valence-corrected chi connectivity index (χ4v) is 1.47. The van der Waals surface area contributed by atoms with Crippen LogP contribution < -0.4 is 4.90 Å². The lowest BCUT2D eigenvalue weighted by Crippen LogP contribution is -2.20. The molecule has 0 aliphatic carbocycles. The molecule has 0 N–H and O–H groups in total. The highest BCUT2D eigenvalue weighted by Gasteiger charge is 2.04. The lowest BCUT2D eigenvalue weighted by atomic mass is 10.1. The van der Waals surface area contributed by atoms with Crippen LogP contribution in [0.4, 0.5) is 5.82 Å². The average Bonchev–Trinajstić information content (AvgIpc) is 2.28. The second-order valence-electron chi connectivity index (χ2n) is 4.33. The quantitative estimate of drug-likeness (QED) is 0.760. The molecule has 0 saturated carbocycles. The predicted octanol–water partition coefficient (Wildman–Crippen LogP) is 2.22. The fraction of sp³-hybridized carbons (Fsp3) is 0.583. The molecule has 0 fully saturated rings. The predicted molar refractivity (Wildman–Crippen MR) is 64.1 cm³/mol. The van der Waals surface area contributed by atoms with Crippen LogP contribution in [0.25, 0.3) is 0 Å². The molecule has 1 heterocycles. The van der Waals surface area contributed by atoms with E-state index in [1.165, 1.54) is 12.7 Å². The van der Waals surface area contributed by atoms with Gasteiger partial charge >= 0.3 is 0 Å². The summed E-state index contributed by atoms with van der Waals surface area (Å²) in [6.07, 6.45) is 3.79. The van der Waals surface area contributed by atoms with E-state index in [1.807, 2.05) is 13.1 Å². The number of anilines is 1. The van der Waals surface area contributed by atoms with Gasteiger partial charge in [0.25, 0.3) is 0 Å². The summed E-state index contributed by atoms with van der Waals surface area (Å²) in [5, 5.41) is 8.73. The Labute approximate surface area is 96.9 Å². The Hall–Kier alpha value is -1.63. The van der Waals surface area contributed by atoms with Crippen molar-refractivity contribution in [3.63, 3.8) is 0 Å². The van der Waals surface area contributed by atoms with Crippen molar-refractivity contribution in [1.29, 1.82) is 5.26 Å². The van der Waals surface area contributed by atoms with Crippen LogP contribution in [0.3, 0.4) is 0 Å². The van der Waals surface area contributed by atoms with Gasteiger partial charge in [0.2, 0.25) is 0 Å². The van der Waals surface area contributed by atoms with E-state index < -0.39 is 0 Å². The molecule has 16 heavy (non-hydrogen) atoms. The Morgan fingerprint density at radius 2 is 2.19 bits per heavy atom. The van der Waals surface area contributed by atoms with Gasteiger partial charge < -0.3 is 4.90 Å². The minimum Gasteiger partial charge on any atom is -0.360 e. The first-order valence-corrected chi connectivity index (χ1v) is 5.56. The number of hydrogen-bond acceptors (Lipinski definition) is 4. The summed E-state index contributed by atoms with van der Waals surface area (Å²) >= 11 is 0. The van der Waals surface area contributed by atoms with Gasteiger partial charge in [0.15, 0.2) is 0 Å². The maximum Gasteiger partial charge on any atom is 0.145 e. The van der Waals surface area contributed by atoms with Gasteiger partial charge in [-0.3, -0.25) is 0 Å². The molecular formula is C12H18N4. The molecule has 0 aliphatic heterocycles. The SMILES string of the molecule is CC(C)CCCN(C)c1cc(C#N)ncn1. The van der Waals surface area contributed by atoms with Crippen molar-refractivity contribution in [1.82, 2.24) is 9.97 Å². The van der Waals surface area contributed by atoms with Crippen LogP contribution >= 0.6 is 0 Å². The lowest BCUT2D eigenvalue weighted by molar-refractivity contribution is 0.555. The molecule has 0 spiro atoms. The first-order valence-electron chi connectivity index (χ1n) is 5.56. The van der Waals surface area contributed by atoms with Gasteiger partial charge in [0.1, 0.15) is 23.9 Å². The van der Waals surface area contributed by atoms with Crippen LogP contribution in [-0.2, 0) is 0 Å². The van der Waals surface area contributed by atoms with Crippen molar-refractivity contribution in [3.05, 3.63) is 18.1 Å². The fourth-order valence-electron chi connectivity index (χ4n) is 1.47. The number of hydrogen-bond donors (Lipinski definition) is 0. The molecule has 0 aliphatic rings. The topological polar surface area (TPSA) is 52.8 Å². The number of nitriles is 1. The van der Waals surface area contributed by atoms with Crippen LogP contribution in [0.5, 0.6) is 0 Å². The molecule has 1 rings (SSSR count). The standard InChI is InChI=1S/C12H18N4/c1-10(2)5-4-6-16(3)12-7-11(8-13)14-9-15-12/h7,9-10H,4-6H2,1-3H3. The molecule has 86 valence electrons. The summed E-state index contributed by atoms with van der Waals surface area (Å²) in [5.74, 6) is 1.55. The van der Waals surface area contributed by atoms with Crippen molar-refractivity contribution >= 4 is 5.82 Å². The van der Waals surface area contributed by atoms with Gasteiger partial charge in [-0.15, -0.1) is 0 Å². The van der Waals surface area contributed by atoms with Crippen LogP contribution in [0.15, 0.2) is 12.4 Å². The van der Waals surface area contributed by atoms with Gasteiger partial charge in [-0.1, -0.05) is 13.8 Å². The van der Waals surface area contributed by atoms with Crippen molar-refractivity contribution in [2.75, 3.05) is 18.5 Å². The summed E-state index contributed by atoms with van der Waals surface area (Å²) in [7, 11) is 1.99. The highest BCUT2D eigenvalue weighted by molar-refractivity contribution is 5.40. The number of aromatic nitrogens is 2. The number of nitrogens with zero attached hydrogens (tertiary/aromatic N) is 4. The molecule has 0 amide bonds. The van der Waals surface area contributed by atoms with Gasteiger partial charge in [-0.05, 0) is 18.8 Å². The molecule has 1 aromatic heterocycles. The Morgan fingerprint density at radius 1 is 1.44 bits per heavy atom. The third-order valence-electron chi connectivity index (χ3n) is 2.43. The van der Waals surface area contributed by atoms with E-state index in [0.29, 0.717) is 5.69 Å². The molecule has 1 aromatic rings. The van der Waals surface area contributed by atoms with E-state index in [1.54, 1.807) is 6.07 Å². The monoisotopic (exact) mass is 218 g/mol. The third-order valence-corrected chi connectivity index (χ3v) is 2.43. The van der Waals surface area contributed by atoms with Crippen molar-refractivity contribution in [2.45, 2.75) is 26.7 Å². The van der Waals surface area contributed by atoms with Crippen molar-refractivity contribution in [2.24, 2.45) is 5.92 Å². The first kappa shape index (κ1) is 12.4. The maximum absolute atomic E-state index is 8.73. The van der Waals surface area contributed by atoms with Crippen LogP contribution in [-0.4, -0.2) is 23.6 Å². The summed E-state index contributed by atoms with van der Waals surface area (Å²) in [6.45, 7) is 5.40. The summed E-state index contributed by atoms with van der Waals surface area (Å²) in [5.41, 5.74) is 0.417. The van der Waals surface area contributed by atoms with E-state index in [2.05, 4.69) is 28.7 Å². The molecular weight excluding hydrogens is 200 g/mol. The zero-order chi connectivity index (χ0) is 12.0. The first-order chi connectivity index (χ1) is 7.63. The Kier molecular flexibility index (Phi) is 4.71. The summed E-state index contributed by atoms with van der Waals surface area (Å²) in [6, 6.07) is 3.74. The minimum atomic E-state index is 0.417. The molecule has 4 nitrogen and oxygen atoms in total. The van der Waals surface area contributed by atoms with Crippen molar-refractivity contribution < 1.29 is 0 Å². The smallest absolute Gasteiger partial charge is 0.145 e. The number of rotatable bonds is 5. The van der Waals surface area contributed by atoms with Gasteiger partial charge in [0, 0.05) is 19.7 Å². The molecule has 4 heteroatoms. The lowest BCUT2D eigenvalue weighted by Gasteiger charge is -2.18. The molecule has 0 radical (unpaired) electrons. The minimum absolute atomic E-state index is 0.417. The average molecular weight is 218 g/mol. The normalized spacial score (nSPS) is 10.2. The van der Waals surface area contributed by atoms with Gasteiger partial charge in [0.05, 0.1) is 0 Å². The second-order valence-corrected chi connectivity index (χ2v) is 4.33. The van der Waals surface area contributed by atoms with Crippen LogP contribution in [0.1, 0.15) is 32.4 Å². The third kappa shape index (κ3) is 3.85. The zero-order valence-electron chi connectivity index (χ0n) is 10.1. The largest absolute Gasteiger partial charge is 0.360 e. The Morgan fingerprint density at radius 3 is 2.81 bits per heavy atom. The molecule has 0 saturated heterocycles. The molecule has 0 unspecified atom stereocenters. The summed E-state index contributed by atoms with van der Waals surface area (Å²) in [4.78, 5) is 10.1. The van der Waals surface area contributed by atoms with E-state index in [-0.39, 0.29) is 0 Å². The Bertz CT molecular complexity index is 368. The summed E-state index contributed by atoms with van der Waals surface area (Å²) < 4.78 is 0. The molecule has 0 atom stereocenters. The van der Waals surface area contributed by atoms with E-state index >= 15 is 0 Å². The zero-order valence-corrected chi connectivity index (χ0v) is 10.1. The van der Waals surface area contributed by atoms with Gasteiger partial charge in [-0.2, -0.15) is 5.26 Å². The highest BCUT2D eigenvalue weighted by atomic mass is 15.2. The molecule has 0 bridgehead atoms. The van der Waals surface area contributed by atoms with E-state index in [0.717, 1.165) is 24.7 Å². The van der Waals surface area contributed by atoms with Crippen LogP contribution in [0.2, 0.25) is 0 Å². The van der Waals surface area contributed by atoms with Gasteiger partial charge in [-0.25, -0.2) is 9.97 Å². The molecule has 0 aromatic carbocycles. The highest BCUT2D eigenvalue weighted by Crippen LogP contribution is 2.11. The van der Waals surface area contributed by atoms with Crippen LogP contribution in [0, 0.1) is 17.2 Å². The second kappa shape index (κ2) is 6.06. The van der Waals surface area contributed by atoms with E-state index in [4.69, 9.17) is 5.26 Å². The maximum atomic E-state index is 8.73. The van der Waals surface area contributed by atoms with Crippen molar-refractivity contribution in [3.8, 4) is 6.07 Å².